The molecule has 4 atom stereocenters. The molecular formula is C22H36ClN3O5Si. The number of fused-ring (bicyclic) bond motifs is 2. The molecule has 2 N–H and O–H groups in total. The summed E-state index contributed by atoms with van der Waals surface area (Å²) in [5, 5.41) is 16.6. The minimum absolute atomic E-state index is 0.0493. The minimum Gasteiger partial charge on any atom is -0.480 e. The van der Waals surface area contributed by atoms with E-state index in [2.05, 4.69) is 50.8 Å². The summed E-state index contributed by atoms with van der Waals surface area (Å²) in [6.45, 7) is 13.6. The van der Waals surface area contributed by atoms with Crippen molar-refractivity contribution in [1.82, 2.24) is 9.78 Å². The highest BCUT2D eigenvalue weighted by Crippen LogP contribution is 2.61. The first-order valence-electron chi connectivity index (χ1n) is 11.3. The number of hydrogen-bond donors (Lipinski definition) is 2. The van der Waals surface area contributed by atoms with Gasteiger partial charge in [-0.05, 0) is 42.1 Å². The van der Waals surface area contributed by atoms with Gasteiger partial charge in [-0.15, -0.1) is 5.10 Å². The van der Waals surface area contributed by atoms with Crippen LogP contribution in [0, 0.1) is 23.2 Å². The molecule has 3 saturated carbocycles. The molecule has 180 valence electrons. The first kappa shape index (κ1) is 25.0. The van der Waals surface area contributed by atoms with Gasteiger partial charge in [-0.25, -0.2) is 4.68 Å². The number of carboxylic acid groups (broad SMARTS) is 1. The van der Waals surface area contributed by atoms with Crippen LogP contribution in [-0.2, 0) is 16.1 Å². The number of aliphatic carboxylic acids is 1. The number of hydrogen-bond acceptors (Lipinski definition) is 6. The molecule has 0 amide bonds. The van der Waals surface area contributed by atoms with Gasteiger partial charge < -0.3 is 19.9 Å². The Morgan fingerprint density at radius 2 is 2.03 bits per heavy atom. The molecule has 3 fully saturated rings. The normalized spacial score (nSPS) is 26.3. The van der Waals surface area contributed by atoms with Gasteiger partial charge in [0.15, 0.2) is 6.79 Å². The van der Waals surface area contributed by atoms with E-state index in [1.165, 1.54) is 6.42 Å². The maximum Gasteiger partial charge on any atom is 0.325 e. The number of rotatable bonds is 10. The van der Waals surface area contributed by atoms with E-state index in [4.69, 9.17) is 26.2 Å². The van der Waals surface area contributed by atoms with Gasteiger partial charge in [0, 0.05) is 20.7 Å². The summed E-state index contributed by atoms with van der Waals surface area (Å²) in [6, 6.07) is 1.13. The number of aromatic nitrogens is 2. The van der Waals surface area contributed by atoms with Gasteiger partial charge in [0.1, 0.15) is 17.3 Å². The van der Waals surface area contributed by atoms with Gasteiger partial charge in [0.25, 0.3) is 11.4 Å². The van der Waals surface area contributed by atoms with Crippen LogP contribution in [0.1, 0.15) is 33.6 Å². The number of nitrogens with zero attached hydrogens (tertiary/aromatic N) is 2. The lowest BCUT2D eigenvalue weighted by Crippen LogP contribution is -2.58. The Kier molecular flexibility index (Phi) is 7.31. The third-order valence-corrected chi connectivity index (χ3v) is 9.37. The van der Waals surface area contributed by atoms with Crippen molar-refractivity contribution in [2.45, 2.75) is 71.9 Å². The van der Waals surface area contributed by atoms with Gasteiger partial charge >= 0.3 is 5.97 Å². The number of carbonyl (C=O) groups is 1. The molecule has 0 radical (unpaired) electrons. The average Bonchev–Trinajstić information content (AvgIpc) is 2.67. The van der Waals surface area contributed by atoms with Gasteiger partial charge in [0.05, 0.1) is 0 Å². The lowest BCUT2D eigenvalue weighted by atomic mass is 9.45. The van der Waals surface area contributed by atoms with Crippen LogP contribution in [0.25, 0.3) is 0 Å². The second kappa shape index (κ2) is 9.35. The number of nitrogens with one attached hydrogen (secondary N) is 1. The number of carboxylic acids is 1. The van der Waals surface area contributed by atoms with Crippen LogP contribution >= 0.6 is 11.6 Å². The fourth-order valence-electron chi connectivity index (χ4n) is 5.04. The zero-order valence-electron chi connectivity index (χ0n) is 19.9. The second-order valence-corrected chi connectivity index (χ2v) is 17.0. The molecule has 4 rings (SSSR count). The molecular weight excluding hydrogens is 450 g/mol. The summed E-state index contributed by atoms with van der Waals surface area (Å²) in [5.74, 6) is 0.529. The molecule has 1 heterocycles. The molecule has 1 aromatic heterocycles. The Morgan fingerprint density at radius 3 is 2.59 bits per heavy atom. The summed E-state index contributed by atoms with van der Waals surface area (Å²) in [5.41, 5.74) is -0.00535. The summed E-state index contributed by atoms with van der Waals surface area (Å²) < 4.78 is 12.2. The van der Waals surface area contributed by atoms with Crippen LogP contribution in [-0.4, -0.2) is 48.4 Å². The van der Waals surface area contributed by atoms with Crippen LogP contribution in [0.15, 0.2) is 4.79 Å². The Bertz CT molecular complexity index is 914. The molecule has 1 aromatic rings. The van der Waals surface area contributed by atoms with Crippen molar-refractivity contribution in [1.29, 1.82) is 0 Å². The van der Waals surface area contributed by atoms with Crippen molar-refractivity contribution in [2.24, 2.45) is 23.2 Å². The monoisotopic (exact) mass is 485 g/mol. The second-order valence-electron chi connectivity index (χ2n) is 11.0. The fourth-order valence-corrected chi connectivity index (χ4v) is 6.03. The maximum absolute atomic E-state index is 12.6. The van der Waals surface area contributed by atoms with Crippen molar-refractivity contribution in [3.8, 4) is 5.88 Å². The molecule has 0 unspecified atom stereocenters. The fraction of sp³-hybridized carbons (Fsp3) is 0.773. The SMILES string of the molecule is C[C@H]1[C@H]2C[C@H](C[C@H]1Nc1c(OCOCC[Si](C)(C)C)nn(CC(=O)O)c(=O)c1Cl)C2(C)C. The quantitative estimate of drug-likeness (QED) is 0.291. The minimum atomic E-state index is -1.23. The summed E-state index contributed by atoms with van der Waals surface area (Å²) in [4.78, 5) is 23.8. The first-order chi connectivity index (χ1) is 14.8. The molecule has 0 saturated heterocycles. The highest BCUT2D eigenvalue weighted by Gasteiger charge is 2.56. The van der Waals surface area contributed by atoms with E-state index in [0.29, 0.717) is 35.5 Å². The van der Waals surface area contributed by atoms with Crippen molar-refractivity contribution < 1.29 is 19.4 Å². The number of anilines is 1. The first-order valence-corrected chi connectivity index (χ1v) is 15.4. The molecule has 8 nitrogen and oxygen atoms in total. The third kappa shape index (κ3) is 5.31. The van der Waals surface area contributed by atoms with Gasteiger partial charge in [-0.2, -0.15) is 0 Å². The maximum atomic E-state index is 12.6. The van der Waals surface area contributed by atoms with Crippen molar-refractivity contribution in [2.75, 3.05) is 18.7 Å². The molecule has 3 aliphatic carbocycles. The smallest absolute Gasteiger partial charge is 0.325 e. The highest BCUT2D eigenvalue weighted by molar-refractivity contribution is 6.76. The zero-order chi connectivity index (χ0) is 23.8. The predicted molar refractivity (Wildman–Crippen MR) is 127 cm³/mol. The van der Waals surface area contributed by atoms with E-state index >= 15 is 0 Å². The topological polar surface area (TPSA) is 103 Å². The zero-order valence-corrected chi connectivity index (χ0v) is 21.7. The van der Waals surface area contributed by atoms with Crippen LogP contribution in [0.3, 0.4) is 0 Å². The Labute approximate surface area is 195 Å². The van der Waals surface area contributed by atoms with Crippen molar-refractivity contribution in [3.05, 3.63) is 15.4 Å². The van der Waals surface area contributed by atoms with Crippen LogP contribution < -0.4 is 15.6 Å². The van der Waals surface area contributed by atoms with E-state index in [0.717, 1.165) is 17.1 Å². The highest BCUT2D eigenvalue weighted by atomic mass is 35.5. The van der Waals surface area contributed by atoms with Gasteiger partial charge in [-0.1, -0.05) is 52.0 Å². The van der Waals surface area contributed by atoms with E-state index in [1.54, 1.807) is 0 Å². The summed E-state index contributed by atoms with van der Waals surface area (Å²) in [7, 11) is -1.23. The average molecular weight is 486 g/mol. The van der Waals surface area contributed by atoms with E-state index in [1.807, 2.05) is 0 Å². The van der Waals surface area contributed by atoms with E-state index in [-0.39, 0.29) is 23.7 Å². The van der Waals surface area contributed by atoms with Crippen LogP contribution in [0.4, 0.5) is 5.69 Å². The van der Waals surface area contributed by atoms with Gasteiger partial charge in [-0.3, -0.25) is 9.59 Å². The van der Waals surface area contributed by atoms with Crippen molar-refractivity contribution in [3.63, 3.8) is 0 Å². The Hall–Kier alpha value is -1.58. The largest absolute Gasteiger partial charge is 0.480 e. The molecule has 0 spiro atoms. The number of ether oxygens (including phenoxy) is 2. The summed E-state index contributed by atoms with van der Waals surface area (Å²) in [6.07, 6.45) is 2.21. The van der Waals surface area contributed by atoms with E-state index in [9.17, 15) is 9.59 Å². The van der Waals surface area contributed by atoms with Crippen molar-refractivity contribution >= 4 is 31.3 Å². The Balaban J connectivity index is 1.79. The number of halogens is 1. The van der Waals surface area contributed by atoms with Gasteiger partial charge in [0.2, 0.25) is 0 Å². The lowest BCUT2D eigenvalue weighted by molar-refractivity contribution is -0.138. The van der Waals surface area contributed by atoms with E-state index < -0.39 is 26.1 Å². The Morgan fingerprint density at radius 1 is 1.34 bits per heavy atom. The third-order valence-electron chi connectivity index (χ3n) is 7.31. The summed E-state index contributed by atoms with van der Waals surface area (Å²) >= 11 is 6.41. The predicted octanol–water partition coefficient (Wildman–Crippen LogP) is 4.16. The molecule has 32 heavy (non-hydrogen) atoms. The molecule has 0 aliphatic heterocycles. The lowest BCUT2D eigenvalue weighted by Gasteiger charge is -2.62. The van der Waals surface area contributed by atoms with Crippen LogP contribution in [0.2, 0.25) is 30.7 Å². The molecule has 0 aromatic carbocycles. The molecule has 3 aliphatic rings. The standard InChI is InChI=1S/C22H36ClN3O5Si/c1-13-15-9-14(22(15,2)3)10-16(13)24-19-18(23)21(29)26(11-17(27)28)25-20(19)31-12-30-7-8-32(4,5)6/h13-16,24H,7-12H2,1-6H3,(H,27,28)/t13-,14+,15+,16+/m0/s1. The molecule has 2 bridgehead atoms. The molecule has 10 heteroatoms. The van der Waals surface area contributed by atoms with Crippen LogP contribution in [0.5, 0.6) is 5.88 Å².